The van der Waals surface area contributed by atoms with Crippen molar-refractivity contribution < 1.29 is 4.79 Å². The summed E-state index contributed by atoms with van der Waals surface area (Å²) in [5.41, 5.74) is 1.55. The van der Waals surface area contributed by atoms with Gasteiger partial charge in [0.05, 0.1) is 0 Å². The Morgan fingerprint density at radius 2 is 2.00 bits per heavy atom. The number of nitrogens with zero attached hydrogens (tertiary/aromatic N) is 1. The lowest BCUT2D eigenvalue weighted by atomic mass is 9.96. The first-order valence-corrected chi connectivity index (χ1v) is 7.22. The minimum absolute atomic E-state index is 0.0515. The van der Waals surface area contributed by atoms with Crippen molar-refractivity contribution in [1.29, 1.82) is 0 Å². The van der Waals surface area contributed by atoms with E-state index in [1.807, 2.05) is 13.1 Å². The molecule has 1 fully saturated rings. The molecule has 1 aliphatic carbocycles. The van der Waals surface area contributed by atoms with E-state index in [2.05, 4.69) is 36.5 Å². The first-order chi connectivity index (χ1) is 9.18. The molecular weight excluding hydrogens is 236 g/mol. The molecule has 1 aromatic rings. The maximum Gasteiger partial charge on any atom is 0.317 e. The van der Waals surface area contributed by atoms with Crippen LogP contribution in [0.3, 0.4) is 0 Å². The van der Waals surface area contributed by atoms with Gasteiger partial charge in [0.15, 0.2) is 0 Å². The molecule has 0 saturated heterocycles. The number of carbonyl (C=O) groups is 1. The Kier molecular flexibility index (Phi) is 4.46. The monoisotopic (exact) mass is 260 g/mol. The number of carbonyl (C=O) groups excluding carboxylic acids is 1. The minimum atomic E-state index is 0.0515. The zero-order valence-electron chi connectivity index (χ0n) is 12.0. The molecule has 104 valence electrons. The van der Waals surface area contributed by atoms with E-state index in [0.29, 0.717) is 0 Å². The normalized spacial score (nSPS) is 15.9. The van der Waals surface area contributed by atoms with Gasteiger partial charge in [0.25, 0.3) is 0 Å². The number of unbranched alkanes of at least 4 members (excludes halogenated alkanes) is 1. The minimum Gasteiger partial charge on any atom is -0.337 e. The molecule has 2 rings (SSSR count). The van der Waals surface area contributed by atoms with Gasteiger partial charge in [0.1, 0.15) is 0 Å². The van der Waals surface area contributed by atoms with Crippen molar-refractivity contribution in [3.8, 4) is 0 Å². The van der Waals surface area contributed by atoms with Crippen LogP contribution in [0.4, 0.5) is 4.79 Å². The van der Waals surface area contributed by atoms with E-state index < -0.39 is 0 Å². The van der Waals surface area contributed by atoms with E-state index in [9.17, 15) is 4.79 Å². The number of hydrogen-bond donors (Lipinski definition) is 1. The van der Waals surface area contributed by atoms with Crippen LogP contribution in [-0.4, -0.2) is 31.1 Å². The van der Waals surface area contributed by atoms with Gasteiger partial charge < -0.3 is 10.2 Å². The summed E-state index contributed by atoms with van der Waals surface area (Å²) >= 11 is 0. The summed E-state index contributed by atoms with van der Waals surface area (Å²) in [6, 6.07) is 10.6. The fourth-order valence-corrected chi connectivity index (χ4v) is 2.39. The largest absolute Gasteiger partial charge is 0.337 e. The first-order valence-electron chi connectivity index (χ1n) is 7.22. The standard InChI is InChI=1S/C16H24N2O/c1-3-4-12-18(2)15(19)17-13-16(10-11-16)14-8-6-5-7-9-14/h5-9H,3-4,10-13H2,1-2H3,(H,17,19). The fraction of sp³-hybridized carbons (Fsp3) is 0.562. The molecule has 0 unspecified atom stereocenters. The highest BCUT2D eigenvalue weighted by Gasteiger charge is 2.44. The van der Waals surface area contributed by atoms with E-state index in [1.165, 1.54) is 18.4 Å². The van der Waals surface area contributed by atoms with Gasteiger partial charge in [0.2, 0.25) is 0 Å². The van der Waals surface area contributed by atoms with Gasteiger partial charge in [-0.05, 0) is 24.8 Å². The van der Waals surface area contributed by atoms with Gasteiger partial charge in [-0.3, -0.25) is 0 Å². The molecule has 0 heterocycles. The first kappa shape index (κ1) is 13.9. The summed E-state index contributed by atoms with van der Waals surface area (Å²) in [5, 5.41) is 3.08. The van der Waals surface area contributed by atoms with Crippen molar-refractivity contribution >= 4 is 6.03 Å². The van der Waals surface area contributed by atoms with Gasteiger partial charge in [0, 0.05) is 25.6 Å². The lowest BCUT2D eigenvalue weighted by Crippen LogP contribution is -2.41. The van der Waals surface area contributed by atoms with Gasteiger partial charge in [-0.15, -0.1) is 0 Å². The summed E-state index contributed by atoms with van der Waals surface area (Å²) in [6.45, 7) is 3.73. The highest BCUT2D eigenvalue weighted by atomic mass is 16.2. The lowest BCUT2D eigenvalue weighted by Gasteiger charge is -2.21. The average Bonchev–Trinajstić information content (AvgIpc) is 3.24. The van der Waals surface area contributed by atoms with Crippen LogP contribution < -0.4 is 5.32 Å². The van der Waals surface area contributed by atoms with E-state index in [4.69, 9.17) is 0 Å². The second-order valence-electron chi connectivity index (χ2n) is 5.58. The van der Waals surface area contributed by atoms with E-state index >= 15 is 0 Å². The Hall–Kier alpha value is -1.51. The summed E-state index contributed by atoms with van der Waals surface area (Å²) < 4.78 is 0. The Morgan fingerprint density at radius 3 is 2.58 bits per heavy atom. The van der Waals surface area contributed by atoms with Crippen LogP contribution in [0, 0.1) is 0 Å². The smallest absolute Gasteiger partial charge is 0.317 e. The topological polar surface area (TPSA) is 32.3 Å². The number of urea groups is 1. The molecule has 0 bridgehead atoms. The zero-order valence-corrected chi connectivity index (χ0v) is 12.0. The van der Waals surface area contributed by atoms with Gasteiger partial charge in [-0.25, -0.2) is 4.79 Å². The number of hydrogen-bond acceptors (Lipinski definition) is 1. The van der Waals surface area contributed by atoms with Crippen LogP contribution in [0.15, 0.2) is 30.3 Å². The molecule has 0 atom stereocenters. The molecule has 1 aliphatic rings. The molecule has 19 heavy (non-hydrogen) atoms. The van der Waals surface area contributed by atoms with Crippen LogP contribution in [0.2, 0.25) is 0 Å². The Bertz CT molecular complexity index is 412. The molecule has 0 aromatic heterocycles. The molecule has 0 aliphatic heterocycles. The Morgan fingerprint density at radius 1 is 1.32 bits per heavy atom. The van der Waals surface area contributed by atoms with Gasteiger partial charge >= 0.3 is 6.03 Å². The SMILES string of the molecule is CCCCN(C)C(=O)NCC1(c2ccccc2)CC1. The highest BCUT2D eigenvalue weighted by Crippen LogP contribution is 2.47. The van der Waals surface area contributed by atoms with Crippen molar-refractivity contribution in [2.24, 2.45) is 0 Å². The van der Waals surface area contributed by atoms with E-state index in [1.54, 1.807) is 4.90 Å². The molecule has 0 spiro atoms. The van der Waals surface area contributed by atoms with Crippen molar-refractivity contribution in [2.45, 2.75) is 38.0 Å². The molecule has 1 saturated carbocycles. The van der Waals surface area contributed by atoms with Crippen molar-refractivity contribution in [2.75, 3.05) is 20.1 Å². The molecule has 1 aromatic carbocycles. The summed E-state index contributed by atoms with van der Waals surface area (Å²) in [7, 11) is 1.87. The van der Waals surface area contributed by atoms with Gasteiger partial charge in [-0.1, -0.05) is 43.7 Å². The third kappa shape index (κ3) is 3.49. The summed E-state index contributed by atoms with van der Waals surface area (Å²) in [5.74, 6) is 0. The number of nitrogens with one attached hydrogen (secondary N) is 1. The summed E-state index contributed by atoms with van der Waals surface area (Å²) in [6.07, 6.45) is 4.53. The second-order valence-corrected chi connectivity index (χ2v) is 5.58. The quantitative estimate of drug-likeness (QED) is 0.837. The highest BCUT2D eigenvalue weighted by molar-refractivity contribution is 5.74. The molecule has 3 heteroatoms. The van der Waals surface area contributed by atoms with Crippen molar-refractivity contribution in [3.05, 3.63) is 35.9 Å². The predicted octanol–water partition coefficient (Wildman–Crippen LogP) is 3.16. The van der Waals surface area contributed by atoms with E-state index in [-0.39, 0.29) is 11.4 Å². The van der Waals surface area contributed by atoms with Crippen LogP contribution in [0.25, 0.3) is 0 Å². The van der Waals surface area contributed by atoms with Crippen LogP contribution in [-0.2, 0) is 5.41 Å². The van der Waals surface area contributed by atoms with Crippen molar-refractivity contribution in [3.63, 3.8) is 0 Å². The number of benzene rings is 1. The van der Waals surface area contributed by atoms with Gasteiger partial charge in [-0.2, -0.15) is 0 Å². The third-order valence-electron chi connectivity index (χ3n) is 4.01. The molecule has 1 N–H and O–H groups in total. The van der Waals surface area contributed by atoms with E-state index in [0.717, 1.165) is 25.9 Å². The zero-order chi connectivity index (χ0) is 13.7. The predicted molar refractivity (Wildman–Crippen MR) is 78.3 cm³/mol. The second kappa shape index (κ2) is 6.09. The lowest BCUT2D eigenvalue weighted by molar-refractivity contribution is 0.207. The summed E-state index contributed by atoms with van der Waals surface area (Å²) in [4.78, 5) is 13.8. The Balaban J connectivity index is 1.84. The number of rotatable bonds is 6. The maximum atomic E-state index is 12.0. The van der Waals surface area contributed by atoms with Crippen LogP contribution in [0.1, 0.15) is 38.2 Å². The average molecular weight is 260 g/mol. The molecule has 0 radical (unpaired) electrons. The third-order valence-corrected chi connectivity index (χ3v) is 4.01. The maximum absolute atomic E-state index is 12.0. The molecule has 3 nitrogen and oxygen atoms in total. The Labute approximate surface area is 116 Å². The van der Waals surface area contributed by atoms with Crippen LogP contribution >= 0.6 is 0 Å². The van der Waals surface area contributed by atoms with Crippen LogP contribution in [0.5, 0.6) is 0 Å². The fourth-order valence-electron chi connectivity index (χ4n) is 2.39. The molecule has 2 amide bonds. The van der Waals surface area contributed by atoms with Crippen molar-refractivity contribution in [1.82, 2.24) is 10.2 Å². The molecular formula is C16H24N2O. The number of amides is 2.